The Hall–Kier alpha value is -2.17. The number of nitrogens with zero attached hydrogens (tertiary/aromatic N) is 1. The number of aryl methyl sites for hydroxylation is 1. The Morgan fingerprint density at radius 1 is 1.50 bits per heavy atom. The Morgan fingerprint density at radius 3 is 2.94 bits per heavy atom. The minimum Gasteiger partial charge on any atom is -0.322 e. The van der Waals surface area contributed by atoms with Gasteiger partial charge >= 0.3 is 0 Å². The summed E-state index contributed by atoms with van der Waals surface area (Å²) in [5, 5.41) is 8.90. The lowest BCUT2D eigenvalue weighted by molar-refractivity contribution is 0.102. The van der Waals surface area contributed by atoms with E-state index in [1.165, 1.54) is 30.6 Å². The molecular formula is C11H10FN3O. The highest BCUT2D eigenvalue weighted by molar-refractivity contribution is 6.04. The molecule has 16 heavy (non-hydrogen) atoms. The molecule has 0 atom stereocenters. The summed E-state index contributed by atoms with van der Waals surface area (Å²) in [4.78, 5) is 11.6. The molecule has 0 radical (unpaired) electrons. The summed E-state index contributed by atoms with van der Waals surface area (Å²) in [6.07, 6.45) is 2.92. The van der Waals surface area contributed by atoms with Crippen molar-refractivity contribution in [2.24, 2.45) is 0 Å². The summed E-state index contributed by atoms with van der Waals surface area (Å²) in [5.74, 6) is -0.595. The molecule has 0 unspecified atom stereocenters. The first kappa shape index (κ1) is 10.4. The van der Waals surface area contributed by atoms with E-state index in [1.54, 1.807) is 6.92 Å². The van der Waals surface area contributed by atoms with Gasteiger partial charge in [-0.15, -0.1) is 0 Å². The van der Waals surface area contributed by atoms with Gasteiger partial charge < -0.3 is 5.32 Å². The average molecular weight is 219 g/mol. The molecule has 1 heterocycles. The smallest absolute Gasteiger partial charge is 0.258 e. The molecule has 0 aliphatic carbocycles. The number of nitrogens with one attached hydrogen (secondary N) is 2. The van der Waals surface area contributed by atoms with E-state index >= 15 is 0 Å². The number of rotatable bonds is 2. The van der Waals surface area contributed by atoms with Crippen molar-refractivity contribution >= 4 is 11.6 Å². The van der Waals surface area contributed by atoms with Crippen molar-refractivity contribution < 1.29 is 9.18 Å². The van der Waals surface area contributed by atoms with Crippen LogP contribution in [0, 0.1) is 12.7 Å². The van der Waals surface area contributed by atoms with Gasteiger partial charge in [0.1, 0.15) is 5.82 Å². The summed E-state index contributed by atoms with van der Waals surface area (Å²) in [5.41, 5.74) is 1.70. The zero-order valence-electron chi connectivity index (χ0n) is 8.62. The van der Waals surface area contributed by atoms with Crippen LogP contribution in [0.1, 0.15) is 15.9 Å². The highest BCUT2D eigenvalue weighted by atomic mass is 19.1. The molecule has 0 bridgehead atoms. The topological polar surface area (TPSA) is 57.8 Å². The lowest BCUT2D eigenvalue weighted by Crippen LogP contribution is -2.11. The Kier molecular flexibility index (Phi) is 2.68. The fourth-order valence-corrected chi connectivity index (χ4v) is 1.34. The van der Waals surface area contributed by atoms with Gasteiger partial charge in [0.2, 0.25) is 0 Å². The average Bonchev–Trinajstić information content (AvgIpc) is 2.75. The first-order valence-electron chi connectivity index (χ1n) is 4.73. The molecule has 82 valence electrons. The Morgan fingerprint density at radius 2 is 2.31 bits per heavy atom. The second-order valence-corrected chi connectivity index (χ2v) is 3.40. The van der Waals surface area contributed by atoms with Crippen molar-refractivity contribution in [2.75, 3.05) is 5.32 Å². The predicted molar refractivity (Wildman–Crippen MR) is 57.7 cm³/mol. The molecular weight excluding hydrogens is 209 g/mol. The molecule has 0 saturated heterocycles. The van der Waals surface area contributed by atoms with E-state index in [9.17, 15) is 9.18 Å². The van der Waals surface area contributed by atoms with Crippen LogP contribution in [0.15, 0.2) is 30.6 Å². The molecule has 2 aromatic rings. The minimum absolute atomic E-state index is 0.275. The maximum atomic E-state index is 12.8. The SMILES string of the molecule is Cc1cc(F)ccc1NC(=O)c1cn[nH]c1. The minimum atomic E-state index is -0.321. The summed E-state index contributed by atoms with van der Waals surface area (Å²) in [7, 11) is 0. The summed E-state index contributed by atoms with van der Waals surface area (Å²) in [6.45, 7) is 1.73. The molecule has 2 rings (SSSR count). The highest BCUT2D eigenvalue weighted by Gasteiger charge is 2.08. The van der Waals surface area contributed by atoms with Crippen LogP contribution in [0.4, 0.5) is 10.1 Å². The number of carbonyl (C=O) groups is 1. The van der Waals surface area contributed by atoms with Crippen LogP contribution in [0.25, 0.3) is 0 Å². The number of hydrogen-bond acceptors (Lipinski definition) is 2. The van der Waals surface area contributed by atoms with Gasteiger partial charge in [0, 0.05) is 11.9 Å². The lowest BCUT2D eigenvalue weighted by atomic mass is 10.2. The van der Waals surface area contributed by atoms with Crippen LogP contribution < -0.4 is 5.32 Å². The normalized spacial score (nSPS) is 10.1. The molecule has 5 heteroatoms. The highest BCUT2D eigenvalue weighted by Crippen LogP contribution is 2.16. The lowest BCUT2D eigenvalue weighted by Gasteiger charge is -2.06. The Balaban J connectivity index is 2.18. The number of H-pyrrole nitrogens is 1. The van der Waals surface area contributed by atoms with Crippen molar-refractivity contribution in [1.82, 2.24) is 10.2 Å². The summed E-state index contributed by atoms with van der Waals surface area (Å²) in [6, 6.07) is 4.20. The van der Waals surface area contributed by atoms with Crippen molar-refractivity contribution in [3.8, 4) is 0 Å². The Bertz CT molecular complexity index is 508. The van der Waals surface area contributed by atoms with Crippen molar-refractivity contribution in [2.45, 2.75) is 6.92 Å². The molecule has 1 aromatic heterocycles. The van der Waals surface area contributed by atoms with E-state index in [0.717, 1.165) is 0 Å². The molecule has 0 saturated carbocycles. The number of benzene rings is 1. The standard InChI is InChI=1S/C11H10FN3O/c1-7-4-9(12)2-3-10(7)15-11(16)8-5-13-14-6-8/h2-6H,1H3,(H,13,14)(H,15,16). The van der Waals surface area contributed by atoms with Gasteiger partial charge in [-0.05, 0) is 30.7 Å². The van der Waals surface area contributed by atoms with Crippen LogP contribution >= 0.6 is 0 Å². The number of anilines is 1. The zero-order chi connectivity index (χ0) is 11.5. The van der Waals surface area contributed by atoms with Gasteiger partial charge in [-0.2, -0.15) is 5.10 Å². The van der Waals surface area contributed by atoms with E-state index in [4.69, 9.17) is 0 Å². The third-order valence-electron chi connectivity index (χ3n) is 2.20. The molecule has 2 N–H and O–H groups in total. The first-order valence-corrected chi connectivity index (χ1v) is 4.73. The predicted octanol–water partition coefficient (Wildman–Crippen LogP) is 2.11. The van der Waals surface area contributed by atoms with Gasteiger partial charge in [-0.3, -0.25) is 9.89 Å². The number of aromatic amines is 1. The van der Waals surface area contributed by atoms with Crippen LogP contribution in [0.3, 0.4) is 0 Å². The van der Waals surface area contributed by atoms with Crippen molar-refractivity contribution in [3.05, 3.63) is 47.5 Å². The third-order valence-corrected chi connectivity index (χ3v) is 2.20. The molecule has 0 aliphatic heterocycles. The van der Waals surface area contributed by atoms with E-state index in [0.29, 0.717) is 16.8 Å². The second-order valence-electron chi connectivity index (χ2n) is 3.40. The quantitative estimate of drug-likeness (QED) is 0.812. The number of aromatic nitrogens is 2. The van der Waals surface area contributed by atoms with Crippen molar-refractivity contribution in [3.63, 3.8) is 0 Å². The van der Waals surface area contributed by atoms with Gasteiger partial charge in [-0.25, -0.2) is 4.39 Å². The summed E-state index contributed by atoms with van der Waals surface area (Å²) >= 11 is 0. The van der Waals surface area contributed by atoms with E-state index < -0.39 is 0 Å². The van der Waals surface area contributed by atoms with E-state index in [-0.39, 0.29) is 11.7 Å². The summed E-state index contributed by atoms with van der Waals surface area (Å²) < 4.78 is 12.8. The molecule has 0 fully saturated rings. The largest absolute Gasteiger partial charge is 0.322 e. The maximum Gasteiger partial charge on any atom is 0.258 e. The molecule has 4 nitrogen and oxygen atoms in total. The third kappa shape index (κ3) is 2.08. The van der Waals surface area contributed by atoms with E-state index in [2.05, 4.69) is 15.5 Å². The number of halogens is 1. The van der Waals surface area contributed by atoms with Crippen LogP contribution in [0.2, 0.25) is 0 Å². The van der Waals surface area contributed by atoms with Crippen LogP contribution in [0.5, 0.6) is 0 Å². The van der Waals surface area contributed by atoms with Crippen molar-refractivity contribution in [1.29, 1.82) is 0 Å². The molecule has 0 spiro atoms. The number of hydrogen-bond donors (Lipinski definition) is 2. The Labute approximate surface area is 91.5 Å². The molecule has 1 aromatic carbocycles. The number of carbonyl (C=O) groups excluding carboxylic acids is 1. The van der Waals surface area contributed by atoms with Gasteiger partial charge in [0.05, 0.1) is 11.8 Å². The van der Waals surface area contributed by atoms with E-state index in [1.807, 2.05) is 0 Å². The first-order chi connectivity index (χ1) is 7.66. The monoisotopic (exact) mass is 219 g/mol. The van der Waals surface area contributed by atoms with Gasteiger partial charge in [0.15, 0.2) is 0 Å². The van der Waals surface area contributed by atoms with Gasteiger partial charge in [0.25, 0.3) is 5.91 Å². The van der Waals surface area contributed by atoms with Crippen LogP contribution in [-0.2, 0) is 0 Å². The van der Waals surface area contributed by atoms with Crippen LogP contribution in [-0.4, -0.2) is 16.1 Å². The maximum absolute atomic E-state index is 12.8. The second kappa shape index (κ2) is 4.14. The fourth-order valence-electron chi connectivity index (χ4n) is 1.34. The van der Waals surface area contributed by atoms with Gasteiger partial charge in [-0.1, -0.05) is 0 Å². The fraction of sp³-hybridized carbons (Fsp3) is 0.0909. The molecule has 1 amide bonds. The number of amides is 1. The molecule has 0 aliphatic rings. The zero-order valence-corrected chi connectivity index (χ0v) is 8.62.